The van der Waals surface area contributed by atoms with Crippen molar-refractivity contribution in [3.63, 3.8) is 0 Å². The zero-order valence-electron chi connectivity index (χ0n) is 17.1. The summed E-state index contributed by atoms with van der Waals surface area (Å²) < 4.78 is 37.0. The quantitative estimate of drug-likeness (QED) is 0.548. The first-order valence-corrected chi connectivity index (χ1v) is 12.6. The van der Waals surface area contributed by atoms with E-state index < -0.39 is 21.4 Å². The zero-order valence-corrected chi connectivity index (χ0v) is 17.9. The van der Waals surface area contributed by atoms with Crippen molar-refractivity contribution in [1.82, 2.24) is 4.90 Å². The number of rotatable bonds is 2. The summed E-state index contributed by atoms with van der Waals surface area (Å²) in [5.41, 5.74) is -0.00125. The molecule has 28 heavy (non-hydrogen) atoms. The molecule has 7 nitrogen and oxygen atoms in total. The zero-order chi connectivity index (χ0) is 19.9. The summed E-state index contributed by atoms with van der Waals surface area (Å²) in [5, 5.41) is 9.57. The molecule has 2 saturated carbocycles. The van der Waals surface area contributed by atoms with Crippen LogP contribution in [-0.4, -0.2) is 61.0 Å². The summed E-state index contributed by atoms with van der Waals surface area (Å²) in [7, 11) is -2.94. The van der Waals surface area contributed by atoms with Crippen molar-refractivity contribution in [2.75, 3.05) is 24.6 Å². The van der Waals surface area contributed by atoms with Crippen molar-refractivity contribution in [2.45, 2.75) is 70.7 Å². The van der Waals surface area contributed by atoms with Crippen molar-refractivity contribution in [1.29, 1.82) is 0 Å². The molecule has 0 aromatic heterocycles. The standard InChI is InChI=1S/C20H33NO6S/c1-13-4-5-16-14(2)17(21-8-10-28(23,24)11-9-21)25-20-12-19(16,20)15(13)6-7-18(3,26-20)27-22/h13-17,22H,4-12H2,1-3H3/t13-,14-,15?,16?,17-,18-,19+,20+/m1/s1. The van der Waals surface area contributed by atoms with Gasteiger partial charge in [0.15, 0.2) is 15.6 Å². The van der Waals surface area contributed by atoms with Gasteiger partial charge in [0.1, 0.15) is 6.23 Å². The second-order valence-corrected chi connectivity index (χ2v) is 12.5. The summed E-state index contributed by atoms with van der Waals surface area (Å²) >= 11 is 0. The SMILES string of the molecule is C[C@@H]1CCC2[C@@H](C)[C@H](N3CCS(=O)(=O)CC3)O[C@]34C[C@]23C1CC[C@@](C)(OO)O4. The highest BCUT2D eigenvalue weighted by molar-refractivity contribution is 7.91. The van der Waals surface area contributed by atoms with Gasteiger partial charge >= 0.3 is 0 Å². The number of sulfone groups is 1. The average molecular weight is 416 g/mol. The largest absolute Gasteiger partial charge is 0.331 e. The minimum absolute atomic E-state index is 0.00125. The first kappa shape index (κ1) is 19.7. The number of hydrogen-bond donors (Lipinski definition) is 1. The Kier molecular flexibility index (Phi) is 4.32. The predicted octanol–water partition coefficient (Wildman–Crippen LogP) is 2.47. The topological polar surface area (TPSA) is 85.3 Å². The van der Waals surface area contributed by atoms with Crippen LogP contribution in [0.25, 0.3) is 0 Å². The van der Waals surface area contributed by atoms with Crippen molar-refractivity contribution >= 4 is 9.84 Å². The molecule has 3 aliphatic heterocycles. The third kappa shape index (κ3) is 2.61. The van der Waals surface area contributed by atoms with Gasteiger partial charge in [0.05, 0.1) is 11.5 Å². The molecule has 0 aromatic carbocycles. The van der Waals surface area contributed by atoms with E-state index in [0.29, 0.717) is 43.2 Å². The van der Waals surface area contributed by atoms with Crippen LogP contribution in [0.3, 0.4) is 0 Å². The second-order valence-electron chi connectivity index (χ2n) is 10.2. The molecule has 8 atom stereocenters. The van der Waals surface area contributed by atoms with Crippen molar-refractivity contribution in [2.24, 2.45) is 29.1 Å². The van der Waals surface area contributed by atoms with Crippen molar-refractivity contribution < 1.29 is 28.0 Å². The van der Waals surface area contributed by atoms with Gasteiger partial charge in [-0.2, -0.15) is 0 Å². The van der Waals surface area contributed by atoms with Crippen LogP contribution in [0.2, 0.25) is 0 Å². The van der Waals surface area contributed by atoms with Gasteiger partial charge in [0.25, 0.3) is 0 Å². The van der Waals surface area contributed by atoms with Gasteiger partial charge < -0.3 is 9.47 Å². The van der Waals surface area contributed by atoms with Gasteiger partial charge in [-0.25, -0.2) is 18.6 Å². The number of ether oxygens (including phenoxy) is 2. The molecule has 5 fully saturated rings. The minimum atomic E-state index is -2.94. The fraction of sp³-hybridized carbons (Fsp3) is 1.00. The van der Waals surface area contributed by atoms with E-state index in [1.54, 1.807) is 6.92 Å². The highest BCUT2D eigenvalue weighted by Crippen LogP contribution is 2.78. The second kappa shape index (κ2) is 6.14. The minimum Gasteiger partial charge on any atom is -0.331 e. The normalized spacial score (nSPS) is 55.6. The van der Waals surface area contributed by atoms with E-state index in [2.05, 4.69) is 18.7 Å². The van der Waals surface area contributed by atoms with E-state index in [-0.39, 0.29) is 23.1 Å². The molecule has 5 rings (SSSR count). The number of nitrogens with zero attached hydrogens (tertiary/aromatic N) is 1. The first-order valence-electron chi connectivity index (χ1n) is 10.8. The molecule has 3 heterocycles. The van der Waals surface area contributed by atoms with Gasteiger partial charge in [0.2, 0.25) is 5.79 Å². The highest BCUT2D eigenvalue weighted by atomic mass is 32.2. The summed E-state index contributed by atoms with van der Waals surface area (Å²) in [6.07, 6.45) is 4.69. The lowest BCUT2D eigenvalue weighted by Gasteiger charge is -2.54. The molecule has 5 aliphatic rings. The lowest BCUT2D eigenvalue weighted by Crippen LogP contribution is -2.60. The van der Waals surface area contributed by atoms with Crippen LogP contribution in [0.5, 0.6) is 0 Å². The molecule has 0 bridgehead atoms. The lowest BCUT2D eigenvalue weighted by molar-refractivity contribution is -0.445. The molecule has 0 aromatic rings. The van der Waals surface area contributed by atoms with Gasteiger partial charge in [-0.1, -0.05) is 20.3 Å². The average Bonchev–Trinajstić information content (AvgIpc) is 3.29. The Morgan fingerprint density at radius 2 is 1.82 bits per heavy atom. The van der Waals surface area contributed by atoms with Crippen LogP contribution >= 0.6 is 0 Å². The van der Waals surface area contributed by atoms with Gasteiger partial charge in [0, 0.05) is 31.3 Å². The van der Waals surface area contributed by atoms with Crippen LogP contribution < -0.4 is 0 Å². The Morgan fingerprint density at radius 1 is 1.11 bits per heavy atom. The van der Waals surface area contributed by atoms with Crippen LogP contribution in [-0.2, 0) is 24.2 Å². The summed E-state index contributed by atoms with van der Waals surface area (Å²) in [4.78, 5) is 7.02. The predicted molar refractivity (Wildman–Crippen MR) is 102 cm³/mol. The molecule has 1 N–H and O–H groups in total. The van der Waals surface area contributed by atoms with Crippen LogP contribution in [0.15, 0.2) is 0 Å². The van der Waals surface area contributed by atoms with E-state index in [1.807, 2.05) is 0 Å². The van der Waals surface area contributed by atoms with Crippen LogP contribution in [0, 0.1) is 29.1 Å². The first-order chi connectivity index (χ1) is 13.2. The third-order valence-electron chi connectivity index (χ3n) is 8.67. The maximum absolute atomic E-state index is 11.9. The molecular formula is C20H33NO6S. The molecule has 8 heteroatoms. The van der Waals surface area contributed by atoms with Gasteiger partial charge in [-0.3, -0.25) is 4.90 Å². The van der Waals surface area contributed by atoms with E-state index in [0.717, 1.165) is 19.3 Å². The van der Waals surface area contributed by atoms with Crippen LogP contribution in [0.4, 0.5) is 0 Å². The molecule has 0 radical (unpaired) electrons. The summed E-state index contributed by atoms with van der Waals surface area (Å²) in [6.45, 7) is 7.44. The molecule has 2 unspecified atom stereocenters. The highest BCUT2D eigenvalue weighted by Gasteiger charge is 2.83. The molecule has 3 saturated heterocycles. The van der Waals surface area contributed by atoms with Crippen LogP contribution in [0.1, 0.15) is 52.9 Å². The fourth-order valence-electron chi connectivity index (χ4n) is 7.20. The Labute approximate surface area is 167 Å². The van der Waals surface area contributed by atoms with Crippen molar-refractivity contribution in [3.8, 4) is 0 Å². The summed E-state index contributed by atoms with van der Waals surface area (Å²) in [5.74, 6) is 0.547. The Balaban J connectivity index is 1.49. The molecule has 0 amide bonds. The maximum Gasteiger partial charge on any atom is 0.201 e. The fourth-order valence-corrected chi connectivity index (χ4v) is 8.43. The third-order valence-corrected chi connectivity index (χ3v) is 10.3. The van der Waals surface area contributed by atoms with E-state index >= 15 is 0 Å². The molecular weight excluding hydrogens is 382 g/mol. The number of hydrogen-bond acceptors (Lipinski definition) is 7. The Bertz CT molecular complexity index is 746. The lowest BCUT2D eigenvalue weighted by atomic mass is 9.58. The Hall–Kier alpha value is -0.250. The van der Waals surface area contributed by atoms with Gasteiger partial charge in [-0.05, 0) is 43.4 Å². The van der Waals surface area contributed by atoms with Crippen molar-refractivity contribution in [3.05, 3.63) is 0 Å². The summed E-state index contributed by atoms with van der Waals surface area (Å²) in [6, 6.07) is 0. The van der Waals surface area contributed by atoms with E-state index in [1.165, 1.54) is 6.42 Å². The monoisotopic (exact) mass is 415 g/mol. The van der Waals surface area contributed by atoms with Gasteiger partial charge in [-0.15, -0.1) is 0 Å². The molecule has 1 spiro atoms. The molecule has 160 valence electrons. The Morgan fingerprint density at radius 3 is 2.50 bits per heavy atom. The van der Waals surface area contributed by atoms with E-state index in [4.69, 9.17) is 14.4 Å². The van der Waals surface area contributed by atoms with E-state index in [9.17, 15) is 13.7 Å². The molecule has 2 aliphatic carbocycles. The maximum atomic E-state index is 11.9. The smallest absolute Gasteiger partial charge is 0.201 e.